The van der Waals surface area contributed by atoms with Gasteiger partial charge in [-0.3, -0.25) is 23.4 Å². The summed E-state index contributed by atoms with van der Waals surface area (Å²) in [6, 6.07) is 0. The maximum atomic E-state index is 12.9. The van der Waals surface area contributed by atoms with Crippen LogP contribution in [0, 0.1) is 0 Å². The fraction of sp³-hybridized carbons (Fsp3) is 0.817. The fourth-order valence-corrected chi connectivity index (χ4v) is 9.03. The van der Waals surface area contributed by atoms with Crippen molar-refractivity contribution in [1.82, 2.24) is 0 Å². The molecule has 0 bridgehead atoms. The summed E-state index contributed by atoms with van der Waals surface area (Å²) in [5.74, 6) is -1.47. The Bertz CT molecular complexity index is 1400. The average Bonchev–Trinajstić information content (AvgIpc) is 3.37. The van der Waals surface area contributed by atoms with E-state index >= 15 is 0 Å². The topological polar surface area (TPSA) is 155 Å². The van der Waals surface area contributed by atoms with Gasteiger partial charge in [0.05, 0.1) is 19.8 Å². The Kier molecular flexibility index (Phi) is 52.7. The first-order valence-electron chi connectivity index (χ1n) is 29.5. The van der Waals surface area contributed by atoms with E-state index < -0.39 is 57.8 Å². The quantitative estimate of drug-likeness (QED) is 0.0197. The Morgan fingerprint density at radius 2 is 0.722 bits per heavy atom. The van der Waals surface area contributed by atoms with Crippen molar-refractivity contribution in [2.24, 2.45) is 0 Å². The molecule has 11 nitrogen and oxygen atoms in total. The van der Waals surface area contributed by atoms with Crippen molar-refractivity contribution in [2.75, 3.05) is 26.4 Å². The maximum Gasteiger partial charge on any atom is 0.472 e. The summed E-state index contributed by atoms with van der Waals surface area (Å²) >= 11 is 0. The number of allylic oxidation sites excluding steroid dienone is 8. The summed E-state index contributed by atoms with van der Waals surface area (Å²) in [6.07, 6.45) is 57.8. The number of phosphoric ester groups is 1. The van der Waals surface area contributed by atoms with Gasteiger partial charge in [0.1, 0.15) is 12.7 Å². The van der Waals surface area contributed by atoms with Gasteiger partial charge in [-0.1, -0.05) is 230 Å². The van der Waals surface area contributed by atoms with Crippen LogP contribution < -0.4 is 0 Å². The van der Waals surface area contributed by atoms with E-state index in [9.17, 15) is 28.9 Å². The minimum absolute atomic E-state index is 0.168. The number of carbonyl (C=O) groups is 3. The molecule has 0 saturated carbocycles. The second kappa shape index (κ2) is 54.7. The number of aliphatic hydroxyl groups is 1. The molecule has 0 aromatic heterocycles. The van der Waals surface area contributed by atoms with E-state index in [0.717, 1.165) is 109 Å². The van der Waals surface area contributed by atoms with Gasteiger partial charge in [-0.05, 0) is 77.0 Å². The van der Waals surface area contributed by atoms with Gasteiger partial charge in [0.2, 0.25) is 0 Å². The van der Waals surface area contributed by atoms with Crippen molar-refractivity contribution in [2.45, 2.75) is 290 Å². The number of unbranched alkanes of at least 4 members (excludes halogenated alkanes) is 30. The van der Waals surface area contributed by atoms with Gasteiger partial charge in [0.25, 0.3) is 0 Å². The van der Waals surface area contributed by atoms with Crippen molar-refractivity contribution in [3.05, 3.63) is 48.6 Å². The number of aliphatic hydroxyl groups excluding tert-OH is 1. The highest BCUT2D eigenvalue weighted by molar-refractivity contribution is 7.47. The molecule has 0 aliphatic rings. The molecule has 3 unspecified atom stereocenters. The molecule has 0 aromatic carbocycles. The molecule has 0 aliphatic carbocycles. The second-order valence-electron chi connectivity index (χ2n) is 19.8. The van der Waals surface area contributed by atoms with E-state index in [1.54, 1.807) is 0 Å². The van der Waals surface area contributed by atoms with Crippen LogP contribution in [0.1, 0.15) is 278 Å². The van der Waals surface area contributed by atoms with E-state index in [-0.39, 0.29) is 25.9 Å². The lowest BCUT2D eigenvalue weighted by atomic mass is 10.0. The van der Waals surface area contributed by atoms with Crippen molar-refractivity contribution in [1.29, 1.82) is 0 Å². The Morgan fingerprint density at radius 3 is 1.14 bits per heavy atom. The van der Waals surface area contributed by atoms with E-state index in [2.05, 4.69) is 69.4 Å². The Balaban J connectivity index is 4.71. The smallest absolute Gasteiger partial charge is 0.462 e. The highest BCUT2D eigenvalue weighted by Crippen LogP contribution is 2.43. The van der Waals surface area contributed by atoms with Crippen molar-refractivity contribution in [3.63, 3.8) is 0 Å². The number of hydrogen-bond acceptors (Lipinski definition) is 10. The minimum Gasteiger partial charge on any atom is -0.462 e. The first-order valence-corrected chi connectivity index (χ1v) is 31.0. The van der Waals surface area contributed by atoms with E-state index in [4.69, 9.17) is 23.3 Å². The lowest BCUT2D eigenvalue weighted by Gasteiger charge is -2.21. The van der Waals surface area contributed by atoms with Crippen LogP contribution in [0.25, 0.3) is 0 Å². The van der Waals surface area contributed by atoms with Gasteiger partial charge in [-0.15, -0.1) is 0 Å². The zero-order valence-electron chi connectivity index (χ0n) is 46.4. The Labute approximate surface area is 441 Å². The molecule has 0 aliphatic heterocycles. The van der Waals surface area contributed by atoms with Gasteiger partial charge in [-0.2, -0.15) is 0 Å². The van der Waals surface area contributed by atoms with Crippen LogP contribution in [-0.4, -0.2) is 66.5 Å². The van der Waals surface area contributed by atoms with Gasteiger partial charge in [0, 0.05) is 19.3 Å². The van der Waals surface area contributed by atoms with Crippen LogP contribution in [0.5, 0.6) is 0 Å². The number of rotatable bonds is 55. The van der Waals surface area contributed by atoms with Crippen molar-refractivity contribution >= 4 is 25.7 Å². The molecule has 0 amide bonds. The third-order valence-electron chi connectivity index (χ3n) is 12.7. The molecular weight excluding hydrogens is 928 g/mol. The molecule has 0 aromatic rings. The van der Waals surface area contributed by atoms with Crippen LogP contribution in [-0.2, 0) is 42.2 Å². The monoisotopic (exact) mass is 1040 g/mol. The van der Waals surface area contributed by atoms with E-state index in [0.29, 0.717) is 19.3 Å². The number of phosphoric acid groups is 1. The van der Waals surface area contributed by atoms with Crippen LogP contribution >= 0.6 is 7.82 Å². The number of carbonyl (C=O) groups excluding carboxylic acids is 3. The van der Waals surface area contributed by atoms with Gasteiger partial charge < -0.3 is 24.2 Å². The molecule has 0 spiro atoms. The summed E-state index contributed by atoms with van der Waals surface area (Å²) in [5.41, 5.74) is 0. The van der Waals surface area contributed by atoms with Crippen LogP contribution in [0.15, 0.2) is 48.6 Å². The minimum atomic E-state index is -4.75. The fourth-order valence-electron chi connectivity index (χ4n) is 8.25. The van der Waals surface area contributed by atoms with Crippen molar-refractivity contribution in [3.8, 4) is 0 Å². The molecule has 420 valence electrons. The molecule has 72 heavy (non-hydrogen) atoms. The zero-order valence-corrected chi connectivity index (χ0v) is 47.3. The first kappa shape index (κ1) is 69.4. The normalized spacial score (nSPS) is 13.7. The molecular formula is C60H109O11P. The van der Waals surface area contributed by atoms with E-state index in [1.165, 1.54) is 109 Å². The molecule has 0 rings (SSSR count). The number of esters is 3. The summed E-state index contributed by atoms with van der Waals surface area (Å²) in [7, 11) is -4.75. The molecule has 0 saturated heterocycles. The van der Waals surface area contributed by atoms with Crippen LogP contribution in [0.4, 0.5) is 0 Å². The Morgan fingerprint density at radius 1 is 0.403 bits per heavy atom. The highest BCUT2D eigenvalue weighted by atomic mass is 31.2. The predicted molar refractivity (Wildman–Crippen MR) is 298 cm³/mol. The third-order valence-corrected chi connectivity index (χ3v) is 13.7. The summed E-state index contributed by atoms with van der Waals surface area (Å²) < 4.78 is 39.5. The predicted octanol–water partition coefficient (Wildman–Crippen LogP) is 17.4. The van der Waals surface area contributed by atoms with Gasteiger partial charge in [-0.25, -0.2) is 4.57 Å². The molecule has 0 radical (unpaired) electrons. The molecule has 3 atom stereocenters. The lowest BCUT2D eigenvalue weighted by Crippen LogP contribution is -2.30. The van der Waals surface area contributed by atoms with E-state index in [1.807, 2.05) is 0 Å². The average molecular weight is 1040 g/mol. The molecule has 0 fully saturated rings. The second-order valence-corrected chi connectivity index (χ2v) is 21.2. The van der Waals surface area contributed by atoms with Gasteiger partial charge >= 0.3 is 25.7 Å². The molecule has 12 heteroatoms. The Hall–Kier alpha value is -2.56. The first-order chi connectivity index (χ1) is 35.2. The van der Waals surface area contributed by atoms with Crippen LogP contribution in [0.3, 0.4) is 0 Å². The third kappa shape index (κ3) is 52.3. The largest absolute Gasteiger partial charge is 0.472 e. The number of hydrogen-bond donors (Lipinski definition) is 2. The lowest BCUT2D eigenvalue weighted by molar-refractivity contribution is -0.161. The molecule has 2 N–H and O–H groups in total. The summed E-state index contributed by atoms with van der Waals surface area (Å²) in [5, 5.41) is 9.81. The summed E-state index contributed by atoms with van der Waals surface area (Å²) in [6.45, 7) is 4.54. The standard InChI is InChI=1S/C60H109O11P/c1-4-7-10-13-16-19-22-25-27-28-30-32-34-37-40-43-46-49-58(62)67-53-57(71-60(64)51-48-45-42-39-36-33-29-26-23-20-17-14-11-8-5-2)55-69-72(65,66)68-54-56(52-61)70-59(63)50-47-44-41-38-35-31-24-21-18-15-12-9-6-3/h7,10,16,19,21,24-25,27,56-57,61H,4-6,8-9,11-15,17-18,20,22-23,26,28-55H2,1-3H3,(H,65,66)/b10-7-,19-16-,24-21-,27-25-. The zero-order chi connectivity index (χ0) is 52.7. The SMILES string of the molecule is CC/C=C\C/C=C\C/C=C\CCCCCCCCCC(=O)OCC(COP(=O)(O)OCC(CO)OC(=O)CCCCCCC/C=C\CCCCCC)OC(=O)CCCCCCCCCCCCCCCCC. The van der Waals surface area contributed by atoms with Crippen molar-refractivity contribution < 1.29 is 52.2 Å². The van der Waals surface area contributed by atoms with Gasteiger partial charge in [0.15, 0.2) is 6.10 Å². The number of ether oxygens (including phenoxy) is 3. The maximum absolute atomic E-state index is 12.9. The summed E-state index contributed by atoms with van der Waals surface area (Å²) in [4.78, 5) is 48.5. The molecule has 0 heterocycles. The highest BCUT2D eigenvalue weighted by Gasteiger charge is 2.28. The van der Waals surface area contributed by atoms with Crippen LogP contribution in [0.2, 0.25) is 0 Å².